The lowest BCUT2D eigenvalue weighted by Gasteiger charge is -2.22. The number of amides is 1. The zero-order valence-corrected chi connectivity index (χ0v) is 18.4. The fourth-order valence-corrected chi connectivity index (χ4v) is 3.17. The summed E-state index contributed by atoms with van der Waals surface area (Å²) in [5, 5.41) is 6.60. The maximum Gasteiger partial charge on any atom is 0.387 e. The van der Waals surface area contributed by atoms with Gasteiger partial charge in [-0.05, 0) is 31.9 Å². The van der Waals surface area contributed by atoms with Gasteiger partial charge >= 0.3 is 6.61 Å². The van der Waals surface area contributed by atoms with Gasteiger partial charge in [-0.2, -0.15) is 8.78 Å². The van der Waals surface area contributed by atoms with Crippen molar-refractivity contribution in [1.82, 2.24) is 15.5 Å². The number of nitrogens with one attached hydrogen (secondary N) is 2. The third kappa shape index (κ3) is 8.56. The van der Waals surface area contributed by atoms with Crippen molar-refractivity contribution in [3.63, 3.8) is 0 Å². The van der Waals surface area contributed by atoms with Gasteiger partial charge in [0.2, 0.25) is 5.91 Å². The summed E-state index contributed by atoms with van der Waals surface area (Å²) in [5.74, 6) is 0.620. The second-order valence-corrected chi connectivity index (χ2v) is 7.35. The van der Waals surface area contributed by atoms with Crippen molar-refractivity contribution in [2.24, 2.45) is 4.99 Å². The fourth-order valence-electron chi connectivity index (χ4n) is 3.17. The molecule has 1 aliphatic heterocycles. The van der Waals surface area contributed by atoms with Crippen LogP contribution in [-0.2, 0) is 9.53 Å². The molecule has 1 saturated heterocycles. The number of alkyl halides is 2. The summed E-state index contributed by atoms with van der Waals surface area (Å²) >= 11 is 0. The highest BCUT2D eigenvalue weighted by atomic mass is 19.3. The maximum atomic E-state index is 12.7. The molecule has 1 aromatic carbocycles. The number of carbonyl (C=O) groups excluding carboxylic acids is 1. The topological polar surface area (TPSA) is 78.4 Å². The zero-order valence-electron chi connectivity index (χ0n) is 18.4. The van der Waals surface area contributed by atoms with E-state index < -0.39 is 6.61 Å². The summed E-state index contributed by atoms with van der Waals surface area (Å²) in [6.45, 7) is 2.38. The van der Waals surface area contributed by atoms with Crippen LogP contribution in [0, 0.1) is 0 Å². The quantitative estimate of drug-likeness (QED) is 0.310. The third-order valence-electron chi connectivity index (χ3n) is 4.78. The molecule has 0 saturated carbocycles. The van der Waals surface area contributed by atoms with Crippen LogP contribution in [0.25, 0.3) is 0 Å². The first-order valence-electron chi connectivity index (χ1n) is 10.5. The lowest BCUT2D eigenvalue weighted by molar-refractivity contribution is -0.127. The summed E-state index contributed by atoms with van der Waals surface area (Å²) in [7, 11) is 3.38. The molecule has 1 amide bonds. The number of guanidine groups is 1. The van der Waals surface area contributed by atoms with Gasteiger partial charge in [-0.25, -0.2) is 4.99 Å². The molecule has 31 heavy (non-hydrogen) atoms. The highest BCUT2D eigenvalue weighted by molar-refractivity contribution is 5.85. The Bertz CT molecular complexity index is 718. The number of hydrogen-bond donors (Lipinski definition) is 2. The molecule has 2 rings (SSSR count). The molecule has 1 fully saturated rings. The van der Waals surface area contributed by atoms with E-state index in [2.05, 4.69) is 20.4 Å². The van der Waals surface area contributed by atoms with Gasteiger partial charge in [0.1, 0.15) is 12.3 Å². The van der Waals surface area contributed by atoms with Crippen LogP contribution in [-0.4, -0.2) is 82.9 Å². The van der Waals surface area contributed by atoms with Crippen molar-refractivity contribution in [1.29, 1.82) is 0 Å². The van der Waals surface area contributed by atoms with Crippen LogP contribution >= 0.6 is 0 Å². The van der Waals surface area contributed by atoms with E-state index in [4.69, 9.17) is 4.74 Å². The van der Waals surface area contributed by atoms with Crippen molar-refractivity contribution in [3.8, 4) is 5.75 Å². The number of likely N-dealkylation sites (N-methyl/N-ethyl adjacent to an activating group) is 1. The molecule has 1 aromatic rings. The van der Waals surface area contributed by atoms with Gasteiger partial charge in [-0.3, -0.25) is 4.79 Å². The molecule has 8 nitrogen and oxygen atoms in total. The number of hydrogen-bond acceptors (Lipinski definition) is 5. The van der Waals surface area contributed by atoms with Crippen molar-refractivity contribution in [3.05, 3.63) is 24.3 Å². The van der Waals surface area contributed by atoms with E-state index in [1.807, 2.05) is 11.8 Å². The van der Waals surface area contributed by atoms with Crippen LogP contribution in [0.5, 0.6) is 5.75 Å². The highest BCUT2D eigenvalue weighted by Gasteiger charge is 2.26. The Morgan fingerprint density at radius 3 is 2.84 bits per heavy atom. The van der Waals surface area contributed by atoms with Gasteiger partial charge in [0, 0.05) is 53.0 Å². The molecule has 2 N–H and O–H groups in total. The molecule has 0 radical (unpaired) electrons. The Balaban J connectivity index is 1.98. The van der Waals surface area contributed by atoms with E-state index in [9.17, 15) is 13.6 Å². The first kappa shape index (κ1) is 24.6. The summed E-state index contributed by atoms with van der Waals surface area (Å²) in [4.78, 5) is 19.8. The smallest absolute Gasteiger partial charge is 0.387 e. The minimum absolute atomic E-state index is 0.0370. The molecule has 0 aliphatic carbocycles. The van der Waals surface area contributed by atoms with E-state index in [0.717, 1.165) is 12.8 Å². The number of rotatable bonds is 11. The van der Waals surface area contributed by atoms with Gasteiger partial charge in [0.25, 0.3) is 0 Å². The highest BCUT2D eigenvalue weighted by Crippen LogP contribution is 2.31. The molecule has 174 valence electrons. The number of ether oxygens (including phenoxy) is 2. The Labute approximate surface area is 182 Å². The van der Waals surface area contributed by atoms with Crippen molar-refractivity contribution in [2.45, 2.75) is 32.4 Å². The maximum absolute atomic E-state index is 12.7. The van der Waals surface area contributed by atoms with Crippen LogP contribution in [0.15, 0.2) is 29.3 Å². The average molecular weight is 442 g/mol. The molecule has 0 aromatic heterocycles. The largest absolute Gasteiger partial charge is 0.433 e. The van der Waals surface area contributed by atoms with Crippen LogP contribution in [0.1, 0.15) is 19.8 Å². The van der Waals surface area contributed by atoms with Crippen LogP contribution < -0.4 is 20.3 Å². The van der Waals surface area contributed by atoms with E-state index >= 15 is 0 Å². The monoisotopic (exact) mass is 441 g/mol. The SMILES string of the molecule is CCOCCCNC(=NCC(=O)N(C)C)NC1CCN(c2ccccc2OC(F)F)C1. The van der Waals surface area contributed by atoms with Gasteiger partial charge in [-0.15, -0.1) is 0 Å². The second-order valence-electron chi connectivity index (χ2n) is 7.35. The van der Waals surface area contributed by atoms with Crippen LogP contribution in [0.3, 0.4) is 0 Å². The Kier molecular flexibility index (Phi) is 10.3. The lowest BCUT2D eigenvalue weighted by atomic mass is 10.2. The summed E-state index contributed by atoms with van der Waals surface area (Å²) in [6, 6.07) is 6.84. The van der Waals surface area contributed by atoms with E-state index in [1.54, 1.807) is 38.4 Å². The fraction of sp³-hybridized carbons (Fsp3) is 0.619. The van der Waals surface area contributed by atoms with E-state index in [-0.39, 0.29) is 24.2 Å². The second kappa shape index (κ2) is 12.9. The zero-order chi connectivity index (χ0) is 22.6. The minimum Gasteiger partial charge on any atom is -0.433 e. The summed E-state index contributed by atoms with van der Waals surface area (Å²) in [5.41, 5.74) is 0.637. The first-order chi connectivity index (χ1) is 14.9. The molecule has 1 aliphatic rings. The Morgan fingerprint density at radius 1 is 1.35 bits per heavy atom. The number of carbonyl (C=O) groups is 1. The van der Waals surface area contributed by atoms with Gasteiger partial charge in [0.15, 0.2) is 5.96 Å². The van der Waals surface area contributed by atoms with Crippen LogP contribution in [0.2, 0.25) is 0 Å². The molecule has 10 heteroatoms. The predicted molar refractivity (Wildman–Crippen MR) is 117 cm³/mol. The number of anilines is 1. The number of halogens is 2. The average Bonchev–Trinajstić information content (AvgIpc) is 3.19. The Morgan fingerprint density at radius 2 is 2.13 bits per heavy atom. The van der Waals surface area contributed by atoms with E-state index in [1.165, 1.54) is 4.90 Å². The lowest BCUT2D eigenvalue weighted by Crippen LogP contribution is -2.45. The standard InChI is InChI=1S/C21H33F2N5O3/c1-4-30-13-7-11-24-21(25-14-19(29)27(2)3)26-16-10-12-28(15-16)17-8-5-6-9-18(17)31-20(22)23/h5-6,8-9,16,20H,4,7,10-15H2,1-3H3,(H2,24,25,26). The predicted octanol–water partition coefficient (Wildman–Crippen LogP) is 1.92. The summed E-state index contributed by atoms with van der Waals surface area (Å²) < 4.78 is 35.5. The molecule has 1 atom stereocenters. The molecule has 0 bridgehead atoms. The number of aliphatic imine (C=N–C) groups is 1. The third-order valence-corrected chi connectivity index (χ3v) is 4.78. The number of nitrogens with zero attached hydrogens (tertiary/aromatic N) is 3. The van der Waals surface area contributed by atoms with Crippen molar-refractivity contribution < 1.29 is 23.0 Å². The van der Waals surface area contributed by atoms with E-state index in [0.29, 0.717) is 44.5 Å². The van der Waals surface area contributed by atoms with Gasteiger partial charge < -0.3 is 29.9 Å². The minimum atomic E-state index is -2.87. The molecular weight excluding hydrogens is 408 g/mol. The first-order valence-corrected chi connectivity index (χ1v) is 10.5. The van der Waals surface area contributed by atoms with Crippen LogP contribution in [0.4, 0.5) is 14.5 Å². The molecule has 1 unspecified atom stereocenters. The normalized spacial score (nSPS) is 16.5. The van der Waals surface area contributed by atoms with Crippen molar-refractivity contribution in [2.75, 3.05) is 58.4 Å². The Hall–Kier alpha value is -2.62. The molecule has 1 heterocycles. The summed E-state index contributed by atoms with van der Waals surface area (Å²) in [6.07, 6.45) is 1.61. The molecule has 0 spiro atoms. The van der Waals surface area contributed by atoms with Crippen molar-refractivity contribution >= 4 is 17.6 Å². The molecular formula is C21H33F2N5O3. The van der Waals surface area contributed by atoms with Gasteiger partial charge in [0.05, 0.1) is 5.69 Å². The number of benzene rings is 1. The number of para-hydroxylation sites is 2. The van der Waals surface area contributed by atoms with Gasteiger partial charge in [-0.1, -0.05) is 12.1 Å².